The molecular weight excluding hydrogens is 264 g/mol. The molecule has 0 saturated heterocycles. The second kappa shape index (κ2) is 5.15. The van der Waals surface area contributed by atoms with Gasteiger partial charge in [0.15, 0.2) is 0 Å². The third-order valence-corrected chi connectivity index (χ3v) is 6.01. The first-order valence-electron chi connectivity index (χ1n) is 8.16. The van der Waals surface area contributed by atoms with E-state index in [1.807, 2.05) is 0 Å². The third-order valence-electron chi connectivity index (χ3n) is 6.01. The van der Waals surface area contributed by atoms with Crippen LogP contribution < -0.4 is 11.1 Å². The van der Waals surface area contributed by atoms with Crippen molar-refractivity contribution in [1.82, 2.24) is 5.32 Å². The Kier molecular flexibility index (Phi) is 3.58. The largest absolute Gasteiger partial charge is 0.368 e. The van der Waals surface area contributed by atoms with E-state index in [4.69, 9.17) is 5.73 Å². The van der Waals surface area contributed by atoms with Gasteiger partial charge in [-0.2, -0.15) is 0 Å². The topological polar surface area (TPSA) is 72.2 Å². The molecule has 4 fully saturated rings. The molecule has 4 heteroatoms. The van der Waals surface area contributed by atoms with Crippen LogP contribution in [-0.2, 0) is 9.59 Å². The van der Waals surface area contributed by atoms with Crippen molar-refractivity contribution in [2.45, 2.75) is 58.4 Å². The highest BCUT2D eigenvalue weighted by atomic mass is 16.2. The monoisotopic (exact) mass is 290 g/mol. The summed E-state index contributed by atoms with van der Waals surface area (Å²) in [4.78, 5) is 23.1. The highest BCUT2D eigenvalue weighted by Gasteiger charge is 2.51. The second-order valence-corrected chi connectivity index (χ2v) is 7.66. The number of hydrogen-bond acceptors (Lipinski definition) is 2. The maximum absolute atomic E-state index is 12.1. The molecular formula is C17H26N2O2. The lowest BCUT2D eigenvalue weighted by atomic mass is 9.48. The fraction of sp³-hybridized carbons (Fsp3) is 0.765. The first kappa shape index (κ1) is 14.6. The average Bonchev–Trinajstić information content (AvgIpc) is 2.36. The van der Waals surface area contributed by atoms with Crippen LogP contribution in [0.25, 0.3) is 0 Å². The van der Waals surface area contributed by atoms with E-state index in [0.29, 0.717) is 0 Å². The quantitative estimate of drug-likeness (QED) is 0.779. The minimum Gasteiger partial charge on any atom is -0.368 e. The van der Waals surface area contributed by atoms with Gasteiger partial charge in [-0.15, -0.1) is 0 Å². The predicted molar refractivity (Wildman–Crippen MR) is 81.2 cm³/mol. The van der Waals surface area contributed by atoms with E-state index >= 15 is 0 Å². The molecule has 3 N–H and O–H groups in total. The maximum Gasteiger partial charge on any atom is 0.244 e. The van der Waals surface area contributed by atoms with Gasteiger partial charge < -0.3 is 11.1 Å². The van der Waals surface area contributed by atoms with Crippen molar-refractivity contribution in [3.8, 4) is 0 Å². The first-order chi connectivity index (χ1) is 9.88. The molecule has 0 aliphatic heterocycles. The molecule has 0 radical (unpaired) electrons. The number of primary amides is 1. The van der Waals surface area contributed by atoms with Crippen LogP contribution in [0.5, 0.6) is 0 Å². The highest BCUT2D eigenvalue weighted by Crippen LogP contribution is 2.62. The SMILES string of the molecule is C/C(=C\C(=O)NC(C)C(N)=O)C12CC3CC(CC(C3)C1)C2. The van der Waals surface area contributed by atoms with Crippen molar-refractivity contribution in [1.29, 1.82) is 0 Å². The van der Waals surface area contributed by atoms with Gasteiger partial charge in [0, 0.05) is 6.08 Å². The van der Waals surface area contributed by atoms with Crippen molar-refractivity contribution >= 4 is 11.8 Å². The van der Waals surface area contributed by atoms with Crippen molar-refractivity contribution < 1.29 is 9.59 Å². The second-order valence-electron chi connectivity index (χ2n) is 7.66. The zero-order valence-corrected chi connectivity index (χ0v) is 13.0. The number of nitrogens with one attached hydrogen (secondary N) is 1. The molecule has 4 aliphatic rings. The van der Waals surface area contributed by atoms with E-state index in [0.717, 1.165) is 17.8 Å². The zero-order valence-electron chi connectivity index (χ0n) is 13.0. The minimum atomic E-state index is -0.613. The Morgan fingerprint density at radius 3 is 2.05 bits per heavy atom. The number of nitrogens with two attached hydrogens (primary N) is 1. The number of carbonyl (C=O) groups is 2. The van der Waals surface area contributed by atoms with Crippen LogP contribution in [0.15, 0.2) is 11.6 Å². The van der Waals surface area contributed by atoms with Gasteiger partial charge in [0.05, 0.1) is 0 Å². The lowest BCUT2D eigenvalue weighted by Crippen LogP contribution is -2.47. The number of amides is 2. The van der Waals surface area contributed by atoms with Crippen LogP contribution in [0.2, 0.25) is 0 Å². The molecule has 0 spiro atoms. The van der Waals surface area contributed by atoms with Gasteiger partial charge in [0.2, 0.25) is 11.8 Å². The molecule has 0 aromatic heterocycles. The summed E-state index contributed by atoms with van der Waals surface area (Å²) in [7, 11) is 0. The van der Waals surface area contributed by atoms with Gasteiger partial charge in [-0.05, 0) is 75.5 Å². The van der Waals surface area contributed by atoms with Crippen LogP contribution in [0.3, 0.4) is 0 Å². The fourth-order valence-electron chi connectivity index (χ4n) is 5.27. The standard InChI is InChI=1S/C17H26N2O2/c1-10(3-15(20)19-11(2)16(18)21)17-7-12-4-13(8-17)6-14(5-12)9-17/h3,11-14H,4-9H2,1-2H3,(H2,18,21)(H,19,20)/b10-3+. The Bertz CT molecular complexity index is 460. The molecule has 0 aromatic rings. The van der Waals surface area contributed by atoms with Gasteiger partial charge >= 0.3 is 0 Å². The molecule has 1 unspecified atom stereocenters. The van der Waals surface area contributed by atoms with Gasteiger partial charge in [-0.25, -0.2) is 0 Å². The summed E-state index contributed by atoms with van der Waals surface area (Å²) >= 11 is 0. The molecule has 0 aromatic carbocycles. The van der Waals surface area contributed by atoms with Crippen LogP contribution in [0.1, 0.15) is 52.4 Å². The smallest absolute Gasteiger partial charge is 0.244 e. The Morgan fingerprint density at radius 1 is 1.14 bits per heavy atom. The Labute approximate surface area is 126 Å². The van der Waals surface area contributed by atoms with Crippen molar-refractivity contribution in [3.63, 3.8) is 0 Å². The Morgan fingerprint density at radius 2 is 1.62 bits per heavy atom. The maximum atomic E-state index is 12.1. The van der Waals surface area contributed by atoms with Crippen LogP contribution in [0, 0.1) is 23.2 Å². The third kappa shape index (κ3) is 2.72. The summed E-state index contributed by atoms with van der Waals surface area (Å²) in [5, 5.41) is 2.65. The molecule has 2 amide bonds. The van der Waals surface area contributed by atoms with Crippen LogP contribution >= 0.6 is 0 Å². The predicted octanol–water partition coefficient (Wildman–Crippen LogP) is 2.14. The van der Waals surface area contributed by atoms with E-state index in [-0.39, 0.29) is 11.3 Å². The molecule has 4 saturated carbocycles. The van der Waals surface area contributed by atoms with Gasteiger partial charge in [0.25, 0.3) is 0 Å². The number of rotatable bonds is 4. The molecule has 21 heavy (non-hydrogen) atoms. The van der Waals surface area contributed by atoms with Gasteiger partial charge in [0.1, 0.15) is 6.04 Å². The number of hydrogen-bond donors (Lipinski definition) is 2. The molecule has 0 heterocycles. The Balaban J connectivity index is 1.72. The zero-order chi connectivity index (χ0) is 15.2. The summed E-state index contributed by atoms with van der Waals surface area (Å²) in [6.45, 7) is 3.72. The van der Waals surface area contributed by atoms with Gasteiger partial charge in [-0.3, -0.25) is 9.59 Å². The molecule has 4 bridgehead atoms. The molecule has 1 atom stereocenters. The first-order valence-corrected chi connectivity index (χ1v) is 8.16. The lowest BCUT2D eigenvalue weighted by molar-refractivity contribution is -0.124. The lowest BCUT2D eigenvalue weighted by Gasteiger charge is -2.57. The van der Waals surface area contributed by atoms with E-state index in [9.17, 15) is 9.59 Å². The average molecular weight is 290 g/mol. The molecule has 4 nitrogen and oxygen atoms in total. The van der Waals surface area contributed by atoms with Crippen molar-refractivity contribution in [3.05, 3.63) is 11.6 Å². The van der Waals surface area contributed by atoms with Crippen LogP contribution in [0.4, 0.5) is 0 Å². The van der Waals surface area contributed by atoms with E-state index in [1.165, 1.54) is 44.1 Å². The molecule has 4 aliphatic carbocycles. The normalized spacial score (nSPS) is 39.1. The summed E-state index contributed by atoms with van der Waals surface area (Å²) in [6.07, 6.45) is 9.67. The van der Waals surface area contributed by atoms with E-state index in [1.54, 1.807) is 13.0 Å². The summed E-state index contributed by atoms with van der Waals surface area (Å²) in [5.41, 5.74) is 6.64. The van der Waals surface area contributed by atoms with E-state index < -0.39 is 11.9 Å². The number of allylic oxidation sites excluding steroid dienone is 1. The Hall–Kier alpha value is -1.32. The molecule has 116 valence electrons. The van der Waals surface area contributed by atoms with E-state index in [2.05, 4.69) is 12.2 Å². The summed E-state index contributed by atoms with van der Waals surface area (Å²) < 4.78 is 0. The highest BCUT2D eigenvalue weighted by molar-refractivity contribution is 5.92. The van der Waals surface area contributed by atoms with Crippen LogP contribution in [-0.4, -0.2) is 17.9 Å². The summed E-state index contributed by atoms with van der Waals surface area (Å²) in [5.74, 6) is 1.92. The number of carbonyl (C=O) groups excluding carboxylic acids is 2. The fourth-order valence-corrected chi connectivity index (χ4v) is 5.27. The minimum absolute atomic E-state index is 0.186. The van der Waals surface area contributed by atoms with Gasteiger partial charge in [-0.1, -0.05) is 5.57 Å². The molecule has 4 rings (SSSR count). The van der Waals surface area contributed by atoms with Crippen molar-refractivity contribution in [2.75, 3.05) is 0 Å². The summed E-state index contributed by atoms with van der Waals surface area (Å²) in [6, 6.07) is -0.613. The van der Waals surface area contributed by atoms with Crippen molar-refractivity contribution in [2.24, 2.45) is 28.9 Å².